The first-order valence-corrected chi connectivity index (χ1v) is 7.00. The van der Waals surface area contributed by atoms with E-state index in [4.69, 9.17) is 15.0 Å². The normalized spacial score (nSPS) is 10.6. The zero-order valence-electron chi connectivity index (χ0n) is 11.2. The summed E-state index contributed by atoms with van der Waals surface area (Å²) in [4.78, 5) is 4.40. The van der Waals surface area contributed by atoms with E-state index in [1.165, 1.54) is 0 Å². The van der Waals surface area contributed by atoms with Gasteiger partial charge in [-0.25, -0.2) is 0 Å². The first kappa shape index (κ1) is 13.6. The smallest absolute Gasteiger partial charge is 0.262 e. The van der Waals surface area contributed by atoms with Crippen LogP contribution in [0.5, 0.6) is 5.75 Å². The Morgan fingerprint density at radius 3 is 2.62 bits per heavy atom. The van der Waals surface area contributed by atoms with Crippen LogP contribution in [0.15, 0.2) is 51.5 Å². The molecule has 0 unspecified atom stereocenters. The molecule has 1 heterocycles. The molecule has 6 heteroatoms. The maximum Gasteiger partial charge on any atom is 0.262 e. The van der Waals surface area contributed by atoms with Crippen LogP contribution in [0.25, 0.3) is 22.8 Å². The average Bonchev–Trinajstić information content (AvgIpc) is 2.97. The summed E-state index contributed by atoms with van der Waals surface area (Å²) in [5.74, 6) is 1.52. The maximum absolute atomic E-state index is 5.74. The van der Waals surface area contributed by atoms with Crippen LogP contribution in [-0.2, 0) is 0 Å². The maximum atomic E-state index is 5.74. The van der Waals surface area contributed by atoms with Crippen LogP contribution >= 0.6 is 15.9 Å². The van der Waals surface area contributed by atoms with Crippen molar-refractivity contribution in [2.45, 2.75) is 0 Å². The summed E-state index contributed by atoms with van der Waals surface area (Å²) in [7, 11) is 1.57. The molecule has 0 atom stereocenters. The van der Waals surface area contributed by atoms with E-state index in [1.54, 1.807) is 25.3 Å². The van der Waals surface area contributed by atoms with Crippen molar-refractivity contribution >= 4 is 21.6 Å². The number of nitrogen functional groups attached to an aromatic ring is 1. The lowest BCUT2D eigenvalue weighted by molar-refractivity contribution is 0.405. The van der Waals surface area contributed by atoms with E-state index in [0.29, 0.717) is 28.7 Å². The van der Waals surface area contributed by atoms with Gasteiger partial charge >= 0.3 is 0 Å². The quantitative estimate of drug-likeness (QED) is 0.731. The number of benzene rings is 2. The zero-order valence-corrected chi connectivity index (χ0v) is 12.8. The Morgan fingerprint density at radius 2 is 1.90 bits per heavy atom. The molecule has 0 aliphatic rings. The number of methoxy groups -OCH3 is 1. The van der Waals surface area contributed by atoms with Crippen LogP contribution in [-0.4, -0.2) is 17.3 Å². The van der Waals surface area contributed by atoms with Crippen molar-refractivity contribution in [2.24, 2.45) is 0 Å². The van der Waals surface area contributed by atoms with Gasteiger partial charge in [0.15, 0.2) is 0 Å². The van der Waals surface area contributed by atoms with E-state index in [0.717, 1.165) is 10.0 Å². The van der Waals surface area contributed by atoms with Gasteiger partial charge in [0.1, 0.15) is 5.75 Å². The third-order valence-electron chi connectivity index (χ3n) is 2.98. The van der Waals surface area contributed by atoms with Crippen LogP contribution in [0.4, 0.5) is 5.69 Å². The lowest BCUT2D eigenvalue weighted by atomic mass is 10.1. The van der Waals surface area contributed by atoms with Gasteiger partial charge in [0.2, 0.25) is 5.82 Å². The fourth-order valence-electron chi connectivity index (χ4n) is 1.93. The average molecular weight is 346 g/mol. The fraction of sp³-hybridized carbons (Fsp3) is 0.0667. The molecule has 0 saturated heterocycles. The van der Waals surface area contributed by atoms with E-state index in [1.807, 2.05) is 24.3 Å². The Bertz CT molecular complexity index is 769. The molecule has 1 aromatic heterocycles. The second-order valence-corrected chi connectivity index (χ2v) is 5.31. The van der Waals surface area contributed by atoms with Crippen molar-refractivity contribution in [2.75, 3.05) is 12.8 Å². The SMILES string of the molecule is COc1cc(N)ccc1-c1nc(-c2ccc(Br)cc2)no1. The molecule has 0 amide bonds. The van der Waals surface area contributed by atoms with Crippen LogP contribution in [0, 0.1) is 0 Å². The first-order valence-electron chi connectivity index (χ1n) is 6.21. The number of hydrogen-bond donors (Lipinski definition) is 1. The molecular weight excluding hydrogens is 334 g/mol. The zero-order chi connectivity index (χ0) is 14.8. The number of ether oxygens (including phenoxy) is 1. The molecule has 5 nitrogen and oxygen atoms in total. The lowest BCUT2D eigenvalue weighted by Crippen LogP contribution is -1.91. The topological polar surface area (TPSA) is 74.2 Å². The molecule has 2 N–H and O–H groups in total. The number of anilines is 1. The number of halogens is 1. The summed E-state index contributed by atoms with van der Waals surface area (Å²) in [5.41, 5.74) is 7.94. The minimum absolute atomic E-state index is 0.393. The Morgan fingerprint density at radius 1 is 1.14 bits per heavy atom. The molecule has 0 aliphatic heterocycles. The molecular formula is C15H12BrN3O2. The molecule has 3 aromatic rings. The third kappa shape index (κ3) is 2.75. The van der Waals surface area contributed by atoms with Crippen molar-refractivity contribution in [3.05, 3.63) is 46.9 Å². The van der Waals surface area contributed by atoms with Crippen molar-refractivity contribution in [1.82, 2.24) is 10.1 Å². The molecule has 0 saturated carbocycles. The summed E-state index contributed by atoms with van der Waals surface area (Å²) in [5, 5.41) is 4.00. The van der Waals surface area contributed by atoms with Crippen LogP contribution in [0.3, 0.4) is 0 Å². The molecule has 3 rings (SSSR count). The molecule has 0 aliphatic carbocycles. The molecule has 0 radical (unpaired) electrons. The van der Waals surface area contributed by atoms with E-state index in [9.17, 15) is 0 Å². The molecule has 106 valence electrons. The lowest BCUT2D eigenvalue weighted by Gasteiger charge is -2.05. The second-order valence-electron chi connectivity index (χ2n) is 4.39. The van der Waals surface area contributed by atoms with Crippen molar-refractivity contribution in [3.63, 3.8) is 0 Å². The van der Waals surface area contributed by atoms with E-state index >= 15 is 0 Å². The highest BCUT2D eigenvalue weighted by Crippen LogP contribution is 2.31. The number of nitrogens with two attached hydrogens (primary N) is 1. The van der Waals surface area contributed by atoms with Gasteiger partial charge in [-0.1, -0.05) is 21.1 Å². The fourth-order valence-corrected chi connectivity index (χ4v) is 2.20. The van der Waals surface area contributed by atoms with Crippen LogP contribution in [0.1, 0.15) is 0 Å². The van der Waals surface area contributed by atoms with Gasteiger partial charge in [-0.05, 0) is 36.4 Å². The predicted molar refractivity (Wildman–Crippen MR) is 83.8 cm³/mol. The van der Waals surface area contributed by atoms with Gasteiger partial charge in [-0.15, -0.1) is 0 Å². The first-order chi connectivity index (χ1) is 10.2. The van der Waals surface area contributed by atoms with E-state index < -0.39 is 0 Å². The molecule has 2 aromatic carbocycles. The Labute approximate surface area is 129 Å². The predicted octanol–water partition coefficient (Wildman–Crippen LogP) is 3.76. The Hall–Kier alpha value is -2.34. The minimum atomic E-state index is 0.393. The number of aromatic nitrogens is 2. The molecule has 0 fully saturated rings. The van der Waals surface area contributed by atoms with Gasteiger partial charge in [-0.2, -0.15) is 4.98 Å². The van der Waals surface area contributed by atoms with Crippen molar-refractivity contribution in [1.29, 1.82) is 0 Å². The second kappa shape index (κ2) is 5.57. The molecule has 0 bridgehead atoms. The summed E-state index contributed by atoms with van der Waals surface area (Å²) in [6, 6.07) is 13.0. The standard InChI is InChI=1S/C15H12BrN3O2/c1-20-13-8-11(17)6-7-12(13)15-18-14(19-21-15)9-2-4-10(16)5-3-9/h2-8H,17H2,1H3. The number of rotatable bonds is 3. The van der Waals surface area contributed by atoms with Gasteiger partial charge in [-0.3, -0.25) is 0 Å². The van der Waals surface area contributed by atoms with Crippen LogP contribution in [0.2, 0.25) is 0 Å². The van der Waals surface area contributed by atoms with Gasteiger partial charge in [0, 0.05) is 21.8 Å². The molecule has 0 spiro atoms. The molecule has 21 heavy (non-hydrogen) atoms. The van der Waals surface area contributed by atoms with Gasteiger partial charge in [0.25, 0.3) is 5.89 Å². The number of hydrogen-bond acceptors (Lipinski definition) is 5. The van der Waals surface area contributed by atoms with Crippen molar-refractivity contribution < 1.29 is 9.26 Å². The summed E-state index contributed by atoms with van der Waals surface area (Å²) in [6.45, 7) is 0. The monoisotopic (exact) mass is 345 g/mol. The third-order valence-corrected chi connectivity index (χ3v) is 3.51. The highest BCUT2D eigenvalue weighted by atomic mass is 79.9. The highest BCUT2D eigenvalue weighted by Gasteiger charge is 2.14. The summed E-state index contributed by atoms with van der Waals surface area (Å²) < 4.78 is 11.6. The van der Waals surface area contributed by atoms with E-state index in [2.05, 4.69) is 26.1 Å². The Balaban J connectivity index is 2.00. The largest absolute Gasteiger partial charge is 0.496 e. The summed E-state index contributed by atoms with van der Waals surface area (Å²) in [6.07, 6.45) is 0. The van der Waals surface area contributed by atoms with Gasteiger partial charge in [0.05, 0.1) is 12.7 Å². The summed E-state index contributed by atoms with van der Waals surface area (Å²) >= 11 is 3.39. The minimum Gasteiger partial charge on any atom is -0.496 e. The highest BCUT2D eigenvalue weighted by molar-refractivity contribution is 9.10. The number of nitrogens with zero attached hydrogens (tertiary/aromatic N) is 2. The van der Waals surface area contributed by atoms with Crippen LogP contribution < -0.4 is 10.5 Å². The van der Waals surface area contributed by atoms with E-state index in [-0.39, 0.29) is 0 Å². The van der Waals surface area contributed by atoms with Gasteiger partial charge < -0.3 is 15.0 Å². The Kier molecular flexibility index (Phi) is 3.62. The van der Waals surface area contributed by atoms with Crippen molar-refractivity contribution in [3.8, 4) is 28.6 Å².